The van der Waals surface area contributed by atoms with Crippen LogP contribution in [-0.4, -0.2) is 38.1 Å². The van der Waals surface area contributed by atoms with Crippen molar-refractivity contribution in [2.75, 3.05) is 27.3 Å². The summed E-state index contributed by atoms with van der Waals surface area (Å²) in [4.78, 5) is 15.0. The summed E-state index contributed by atoms with van der Waals surface area (Å²) in [5.41, 5.74) is 1.98. The second-order valence-corrected chi connectivity index (χ2v) is 6.54. The number of carbonyl (C=O) groups is 1. The number of ether oxygens (including phenoxy) is 2. The van der Waals surface area contributed by atoms with Gasteiger partial charge in [-0.3, -0.25) is 4.79 Å². The number of benzene rings is 3. The van der Waals surface area contributed by atoms with Gasteiger partial charge in [0.15, 0.2) is 0 Å². The molecule has 0 aliphatic rings. The Morgan fingerprint density at radius 2 is 1.32 bits per heavy atom. The number of nitrogens with zero attached hydrogens (tertiary/aromatic N) is 1. The van der Waals surface area contributed by atoms with E-state index in [0.29, 0.717) is 13.2 Å². The Bertz CT molecular complexity index is 824. The monoisotopic (exact) mass is 375 g/mol. The van der Waals surface area contributed by atoms with Gasteiger partial charge in [-0.25, -0.2) is 0 Å². The summed E-state index contributed by atoms with van der Waals surface area (Å²) in [6, 6.07) is 27.2. The minimum atomic E-state index is -0.326. The number of carbonyl (C=O) groups excluding carboxylic acids is 1. The largest absolute Gasteiger partial charge is 0.497 e. The molecular formula is C24H25NO3. The Kier molecular flexibility index (Phi) is 6.68. The third-order valence-corrected chi connectivity index (χ3v) is 4.64. The number of amides is 1. The third-order valence-electron chi connectivity index (χ3n) is 4.64. The summed E-state index contributed by atoms with van der Waals surface area (Å²) < 4.78 is 10.9. The van der Waals surface area contributed by atoms with E-state index < -0.39 is 0 Å². The van der Waals surface area contributed by atoms with E-state index >= 15 is 0 Å². The van der Waals surface area contributed by atoms with Crippen LogP contribution in [-0.2, 0) is 4.79 Å². The van der Waals surface area contributed by atoms with Gasteiger partial charge in [-0.1, -0.05) is 60.7 Å². The number of methoxy groups -OCH3 is 1. The van der Waals surface area contributed by atoms with E-state index in [1.165, 1.54) is 0 Å². The van der Waals surface area contributed by atoms with Crippen LogP contribution in [0.5, 0.6) is 11.5 Å². The smallest absolute Gasteiger partial charge is 0.234 e. The van der Waals surface area contributed by atoms with Gasteiger partial charge >= 0.3 is 0 Å². The van der Waals surface area contributed by atoms with Crippen LogP contribution in [0.1, 0.15) is 17.0 Å². The molecule has 3 aromatic carbocycles. The number of rotatable bonds is 8. The van der Waals surface area contributed by atoms with Gasteiger partial charge < -0.3 is 14.4 Å². The molecule has 3 aromatic rings. The Hall–Kier alpha value is -3.27. The van der Waals surface area contributed by atoms with E-state index in [1.54, 1.807) is 12.0 Å². The molecule has 0 fully saturated rings. The van der Waals surface area contributed by atoms with Crippen molar-refractivity contribution in [2.45, 2.75) is 5.92 Å². The van der Waals surface area contributed by atoms with Crippen LogP contribution in [0.4, 0.5) is 0 Å². The highest BCUT2D eigenvalue weighted by Gasteiger charge is 2.25. The maximum Gasteiger partial charge on any atom is 0.234 e. The molecule has 0 saturated carbocycles. The van der Waals surface area contributed by atoms with E-state index in [2.05, 4.69) is 0 Å². The highest BCUT2D eigenvalue weighted by atomic mass is 16.5. The minimum Gasteiger partial charge on any atom is -0.497 e. The number of likely N-dealkylation sites (N-methyl/N-ethyl adjacent to an activating group) is 1. The van der Waals surface area contributed by atoms with Crippen molar-refractivity contribution in [1.82, 2.24) is 4.90 Å². The van der Waals surface area contributed by atoms with Crippen LogP contribution >= 0.6 is 0 Å². The van der Waals surface area contributed by atoms with Crippen molar-refractivity contribution < 1.29 is 14.3 Å². The molecule has 0 aromatic heterocycles. The minimum absolute atomic E-state index is 0.0516. The maximum atomic E-state index is 13.2. The van der Waals surface area contributed by atoms with E-state index in [1.807, 2.05) is 92.0 Å². The standard InChI is InChI=1S/C24H25NO3/c1-25(17-18-28-22-15-13-21(27-2)14-16-22)24(26)23(19-9-5-3-6-10-19)20-11-7-4-8-12-20/h3-16,23H,17-18H2,1-2H3. The first-order chi connectivity index (χ1) is 13.7. The second kappa shape index (κ2) is 9.60. The quantitative estimate of drug-likeness (QED) is 0.587. The molecule has 3 rings (SSSR count). The predicted octanol–water partition coefficient (Wildman–Crippen LogP) is 4.36. The van der Waals surface area contributed by atoms with E-state index in [4.69, 9.17) is 9.47 Å². The first-order valence-corrected chi connectivity index (χ1v) is 9.31. The predicted molar refractivity (Wildman–Crippen MR) is 111 cm³/mol. The van der Waals surface area contributed by atoms with Crippen LogP contribution in [0.15, 0.2) is 84.9 Å². The van der Waals surface area contributed by atoms with Crippen molar-refractivity contribution in [3.8, 4) is 11.5 Å². The van der Waals surface area contributed by atoms with Crippen LogP contribution in [0.25, 0.3) is 0 Å². The van der Waals surface area contributed by atoms with Crippen LogP contribution in [0.2, 0.25) is 0 Å². The molecule has 1 amide bonds. The van der Waals surface area contributed by atoms with Crippen LogP contribution in [0.3, 0.4) is 0 Å². The van der Waals surface area contributed by atoms with Crippen molar-refractivity contribution >= 4 is 5.91 Å². The Balaban J connectivity index is 1.66. The average molecular weight is 375 g/mol. The maximum absolute atomic E-state index is 13.2. The summed E-state index contributed by atoms with van der Waals surface area (Å²) in [5, 5.41) is 0. The lowest BCUT2D eigenvalue weighted by Crippen LogP contribution is -2.35. The summed E-state index contributed by atoms with van der Waals surface area (Å²) in [6.07, 6.45) is 0. The third kappa shape index (κ3) is 4.92. The fraction of sp³-hybridized carbons (Fsp3) is 0.208. The summed E-state index contributed by atoms with van der Waals surface area (Å²) >= 11 is 0. The zero-order chi connectivity index (χ0) is 19.8. The van der Waals surface area contributed by atoms with Crippen molar-refractivity contribution in [2.24, 2.45) is 0 Å². The summed E-state index contributed by atoms with van der Waals surface area (Å²) in [7, 11) is 3.45. The molecule has 0 radical (unpaired) electrons. The van der Waals surface area contributed by atoms with Crippen LogP contribution in [0, 0.1) is 0 Å². The number of hydrogen-bond donors (Lipinski definition) is 0. The lowest BCUT2D eigenvalue weighted by Gasteiger charge is -2.24. The fourth-order valence-corrected chi connectivity index (χ4v) is 3.07. The van der Waals surface area contributed by atoms with Gasteiger partial charge in [-0.2, -0.15) is 0 Å². The molecule has 144 valence electrons. The molecule has 0 unspecified atom stereocenters. The highest BCUT2D eigenvalue weighted by molar-refractivity contribution is 5.87. The van der Waals surface area contributed by atoms with E-state index in [0.717, 1.165) is 22.6 Å². The number of hydrogen-bond acceptors (Lipinski definition) is 3. The molecule has 0 bridgehead atoms. The van der Waals surface area contributed by atoms with Crippen molar-refractivity contribution in [1.29, 1.82) is 0 Å². The zero-order valence-electron chi connectivity index (χ0n) is 16.2. The fourth-order valence-electron chi connectivity index (χ4n) is 3.07. The molecular weight excluding hydrogens is 350 g/mol. The van der Waals surface area contributed by atoms with Gasteiger partial charge in [0.25, 0.3) is 0 Å². The molecule has 0 aliphatic heterocycles. The molecule has 4 nitrogen and oxygen atoms in total. The molecule has 0 aliphatic carbocycles. The van der Waals surface area contributed by atoms with Gasteiger partial charge in [0, 0.05) is 7.05 Å². The van der Waals surface area contributed by atoms with Crippen LogP contribution < -0.4 is 9.47 Å². The van der Waals surface area contributed by atoms with Gasteiger partial charge in [0.05, 0.1) is 19.6 Å². The normalized spacial score (nSPS) is 10.5. The Labute approximate surface area is 166 Å². The van der Waals surface area contributed by atoms with E-state index in [-0.39, 0.29) is 11.8 Å². The second-order valence-electron chi connectivity index (χ2n) is 6.54. The van der Waals surface area contributed by atoms with Gasteiger partial charge in [0.2, 0.25) is 5.91 Å². The van der Waals surface area contributed by atoms with E-state index in [9.17, 15) is 4.79 Å². The molecule has 28 heavy (non-hydrogen) atoms. The summed E-state index contributed by atoms with van der Waals surface area (Å²) in [5.74, 6) is 1.27. The first-order valence-electron chi connectivity index (χ1n) is 9.31. The van der Waals surface area contributed by atoms with Crippen molar-refractivity contribution in [3.05, 3.63) is 96.1 Å². The Morgan fingerprint density at radius 3 is 1.82 bits per heavy atom. The van der Waals surface area contributed by atoms with Gasteiger partial charge in [-0.05, 0) is 35.4 Å². The first kappa shape index (κ1) is 19.5. The molecule has 0 heterocycles. The van der Waals surface area contributed by atoms with Crippen molar-refractivity contribution in [3.63, 3.8) is 0 Å². The lowest BCUT2D eigenvalue weighted by atomic mass is 9.90. The topological polar surface area (TPSA) is 38.8 Å². The lowest BCUT2D eigenvalue weighted by molar-refractivity contribution is -0.130. The summed E-state index contributed by atoms with van der Waals surface area (Å²) in [6.45, 7) is 0.923. The van der Waals surface area contributed by atoms with Gasteiger partial charge in [0.1, 0.15) is 18.1 Å². The molecule has 0 N–H and O–H groups in total. The molecule has 0 saturated heterocycles. The Morgan fingerprint density at radius 1 is 0.821 bits per heavy atom. The van der Waals surface area contributed by atoms with Gasteiger partial charge in [-0.15, -0.1) is 0 Å². The zero-order valence-corrected chi connectivity index (χ0v) is 16.2. The molecule has 0 atom stereocenters. The molecule has 0 spiro atoms. The average Bonchev–Trinajstić information content (AvgIpc) is 2.76. The SMILES string of the molecule is COc1ccc(OCCN(C)C(=O)C(c2ccccc2)c2ccccc2)cc1. The molecule has 4 heteroatoms. The highest BCUT2D eigenvalue weighted by Crippen LogP contribution is 2.26.